The molecule has 0 aliphatic rings. The number of amides is 1. The van der Waals surface area contributed by atoms with E-state index in [2.05, 4.69) is 31.4 Å². The van der Waals surface area contributed by atoms with Crippen LogP contribution in [0.3, 0.4) is 0 Å². The van der Waals surface area contributed by atoms with Crippen LogP contribution in [0.5, 0.6) is 5.75 Å². The second-order valence-electron chi connectivity index (χ2n) is 10.4. The molecule has 0 heterocycles. The molecule has 0 spiro atoms. The first kappa shape index (κ1) is 30.4. The van der Waals surface area contributed by atoms with Gasteiger partial charge < -0.3 is 26.2 Å². The number of nitrogens with two attached hydrogens (primary N) is 1. The monoisotopic (exact) mass is 537 g/mol. The largest absolute Gasteiger partial charge is 0.496 e. The highest BCUT2D eigenvalue weighted by Crippen LogP contribution is 2.33. The number of aliphatic hydroxyl groups excluding tert-OH is 1. The molecule has 1 amide bonds. The number of methoxy groups -OCH3 is 1. The number of benzene rings is 2. The quantitative estimate of drug-likeness (QED) is 0.256. The number of unbranched alkanes of at least 4 members (excludes halogenated alkanes) is 1. The molecule has 0 unspecified atom stereocenters. The minimum atomic E-state index is -0.575. The van der Waals surface area contributed by atoms with Gasteiger partial charge in [-0.25, -0.2) is 0 Å². The molecule has 0 fully saturated rings. The van der Waals surface area contributed by atoms with Crippen LogP contribution in [0.1, 0.15) is 57.1 Å². The van der Waals surface area contributed by atoms with Gasteiger partial charge in [0.2, 0.25) is 5.91 Å². The van der Waals surface area contributed by atoms with Gasteiger partial charge in [-0.2, -0.15) is 0 Å². The molecule has 0 aliphatic carbocycles. The average Bonchev–Trinajstić information content (AvgIpc) is 2.83. The molecule has 2 aromatic carbocycles. The minimum Gasteiger partial charge on any atom is -0.496 e. The molecule has 5 N–H and O–H groups in total. The number of aliphatic hydroxyl groups is 1. The summed E-state index contributed by atoms with van der Waals surface area (Å²) in [5.41, 5.74) is 8.08. The van der Waals surface area contributed by atoms with Crippen molar-refractivity contribution in [1.82, 2.24) is 10.6 Å². The standard InChI is InChI=1S/C28H41Cl2N3O3/c1-28(2,3)17-23(18-31)33-26(27(35)32-12-5-6-13-34)24(19-8-7-9-21(29)14-19)15-20-10-11-22(30)16-25(20)36-4/h7-11,14,16,23-24,26,33-34H,5-6,12-13,15,17-18,31H2,1-4H3,(H,32,35)/t23-,24-,26-/m0/s1. The molecule has 0 bridgehead atoms. The second kappa shape index (κ2) is 14.8. The fourth-order valence-electron chi connectivity index (χ4n) is 4.43. The Labute approximate surface area is 225 Å². The van der Waals surface area contributed by atoms with Crippen LogP contribution in [-0.2, 0) is 11.2 Å². The molecule has 0 radical (unpaired) electrons. The molecule has 2 aromatic rings. The van der Waals surface area contributed by atoms with Gasteiger partial charge in [-0.15, -0.1) is 0 Å². The third kappa shape index (κ3) is 9.91. The number of carbonyl (C=O) groups excluding carboxylic acids is 1. The van der Waals surface area contributed by atoms with Gasteiger partial charge in [0.1, 0.15) is 5.75 Å². The molecule has 6 nitrogen and oxygen atoms in total. The van der Waals surface area contributed by atoms with Crippen molar-refractivity contribution in [3.8, 4) is 5.75 Å². The van der Waals surface area contributed by atoms with Gasteiger partial charge in [0.15, 0.2) is 0 Å². The van der Waals surface area contributed by atoms with E-state index in [0.29, 0.717) is 48.1 Å². The van der Waals surface area contributed by atoms with E-state index in [-0.39, 0.29) is 29.9 Å². The summed E-state index contributed by atoms with van der Waals surface area (Å²) >= 11 is 12.6. The molecule has 0 aromatic heterocycles. The maximum absolute atomic E-state index is 13.7. The van der Waals surface area contributed by atoms with Crippen molar-refractivity contribution < 1.29 is 14.6 Å². The lowest BCUT2D eigenvalue weighted by molar-refractivity contribution is -0.124. The Balaban J connectivity index is 2.50. The summed E-state index contributed by atoms with van der Waals surface area (Å²) < 4.78 is 5.61. The third-order valence-corrected chi connectivity index (χ3v) is 6.56. The maximum atomic E-state index is 13.7. The predicted molar refractivity (Wildman–Crippen MR) is 149 cm³/mol. The molecule has 0 saturated carbocycles. The van der Waals surface area contributed by atoms with Crippen LogP contribution in [0.4, 0.5) is 0 Å². The molecule has 36 heavy (non-hydrogen) atoms. The molecular weight excluding hydrogens is 497 g/mol. The summed E-state index contributed by atoms with van der Waals surface area (Å²) in [4.78, 5) is 13.7. The van der Waals surface area contributed by atoms with Gasteiger partial charge >= 0.3 is 0 Å². The third-order valence-electron chi connectivity index (χ3n) is 6.09. The molecule has 2 rings (SSSR count). The predicted octanol–water partition coefficient (Wildman–Crippen LogP) is 4.94. The number of hydrogen-bond donors (Lipinski definition) is 4. The first-order valence-electron chi connectivity index (χ1n) is 12.5. The van der Waals surface area contributed by atoms with E-state index in [1.54, 1.807) is 13.2 Å². The van der Waals surface area contributed by atoms with E-state index < -0.39 is 6.04 Å². The summed E-state index contributed by atoms with van der Waals surface area (Å²) in [5.74, 6) is 0.297. The molecule has 8 heteroatoms. The fourth-order valence-corrected chi connectivity index (χ4v) is 4.79. The first-order chi connectivity index (χ1) is 17.1. The molecule has 0 aliphatic heterocycles. The summed E-state index contributed by atoms with van der Waals surface area (Å²) in [6, 6.07) is 12.5. The Morgan fingerprint density at radius 3 is 2.44 bits per heavy atom. The van der Waals surface area contributed by atoms with Crippen LogP contribution >= 0.6 is 23.2 Å². The van der Waals surface area contributed by atoms with Crippen LogP contribution in [0, 0.1) is 5.41 Å². The lowest BCUT2D eigenvalue weighted by Gasteiger charge is -2.34. The van der Waals surface area contributed by atoms with E-state index in [4.69, 9.17) is 38.8 Å². The summed E-state index contributed by atoms with van der Waals surface area (Å²) in [6.45, 7) is 7.46. The van der Waals surface area contributed by atoms with E-state index in [9.17, 15) is 4.79 Å². The van der Waals surface area contributed by atoms with Gasteiger partial charge in [0.25, 0.3) is 0 Å². The number of carbonyl (C=O) groups is 1. The molecule has 200 valence electrons. The molecular formula is C28H41Cl2N3O3. The number of ether oxygens (including phenoxy) is 1. The summed E-state index contributed by atoms with van der Waals surface area (Å²) in [7, 11) is 1.61. The van der Waals surface area contributed by atoms with Crippen LogP contribution in [-0.4, -0.2) is 49.9 Å². The zero-order chi connectivity index (χ0) is 26.7. The molecule has 0 saturated heterocycles. The first-order valence-corrected chi connectivity index (χ1v) is 13.3. The highest BCUT2D eigenvalue weighted by Gasteiger charge is 2.33. The van der Waals surface area contributed by atoms with Gasteiger partial charge in [0, 0.05) is 41.7 Å². The van der Waals surface area contributed by atoms with E-state index in [1.807, 2.05) is 36.4 Å². The SMILES string of the molecule is COc1cc(Cl)ccc1C[C@@H](c1cccc(Cl)c1)[C@H](N[C@H](CN)CC(C)(C)C)C(=O)NCCCCO. The number of rotatable bonds is 14. The van der Waals surface area contributed by atoms with Crippen LogP contribution in [0.2, 0.25) is 10.0 Å². The van der Waals surface area contributed by atoms with Crippen molar-refractivity contribution >= 4 is 29.1 Å². The van der Waals surface area contributed by atoms with Gasteiger partial charge in [-0.3, -0.25) is 4.79 Å². The zero-order valence-corrected chi connectivity index (χ0v) is 23.3. The highest BCUT2D eigenvalue weighted by atomic mass is 35.5. The fraction of sp³-hybridized carbons (Fsp3) is 0.536. The Bertz CT molecular complexity index is 965. The Morgan fingerprint density at radius 2 is 1.83 bits per heavy atom. The Kier molecular flexibility index (Phi) is 12.5. The van der Waals surface area contributed by atoms with E-state index >= 15 is 0 Å². The van der Waals surface area contributed by atoms with Gasteiger partial charge in [-0.1, -0.05) is 62.2 Å². The van der Waals surface area contributed by atoms with Crippen LogP contribution in [0.15, 0.2) is 42.5 Å². The van der Waals surface area contributed by atoms with Crippen molar-refractivity contribution in [1.29, 1.82) is 0 Å². The smallest absolute Gasteiger partial charge is 0.237 e. The lowest BCUT2D eigenvalue weighted by Crippen LogP contribution is -2.54. The molecule has 3 atom stereocenters. The number of hydrogen-bond acceptors (Lipinski definition) is 5. The van der Waals surface area contributed by atoms with Gasteiger partial charge in [-0.05, 0) is 66.5 Å². The van der Waals surface area contributed by atoms with Gasteiger partial charge in [0.05, 0.1) is 13.2 Å². The Hall–Kier alpha value is -1.83. The van der Waals surface area contributed by atoms with Crippen molar-refractivity contribution in [2.24, 2.45) is 11.1 Å². The lowest BCUT2D eigenvalue weighted by atomic mass is 9.83. The van der Waals surface area contributed by atoms with Crippen molar-refractivity contribution in [3.63, 3.8) is 0 Å². The summed E-state index contributed by atoms with van der Waals surface area (Å²) in [5, 5.41) is 17.0. The van der Waals surface area contributed by atoms with Crippen molar-refractivity contribution in [2.75, 3.05) is 26.8 Å². The minimum absolute atomic E-state index is 0.0319. The highest BCUT2D eigenvalue weighted by molar-refractivity contribution is 6.31. The van der Waals surface area contributed by atoms with Crippen molar-refractivity contribution in [2.45, 2.75) is 64.5 Å². The normalized spacial score (nSPS) is 14.2. The van der Waals surface area contributed by atoms with E-state index in [0.717, 1.165) is 17.5 Å². The number of halogens is 2. The maximum Gasteiger partial charge on any atom is 0.237 e. The van der Waals surface area contributed by atoms with Crippen molar-refractivity contribution in [3.05, 3.63) is 63.6 Å². The van der Waals surface area contributed by atoms with E-state index in [1.165, 1.54) is 0 Å². The second-order valence-corrected chi connectivity index (χ2v) is 11.3. The number of nitrogens with one attached hydrogen (secondary N) is 2. The Morgan fingerprint density at radius 1 is 1.11 bits per heavy atom. The summed E-state index contributed by atoms with van der Waals surface area (Å²) in [6.07, 6.45) is 2.66. The topological polar surface area (TPSA) is 96.6 Å². The van der Waals surface area contributed by atoms with Crippen LogP contribution in [0.25, 0.3) is 0 Å². The van der Waals surface area contributed by atoms with Crippen LogP contribution < -0.4 is 21.1 Å². The zero-order valence-electron chi connectivity index (χ0n) is 21.8. The average molecular weight is 539 g/mol.